The van der Waals surface area contributed by atoms with Gasteiger partial charge in [0.05, 0.1) is 68.6 Å². The number of allylic oxidation sites excluding steroid dienone is 2. The molecule has 9 aliphatic heterocycles. The lowest BCUT2D eigenvalue weighted by atomic mass is 9.33. The monoisotopic (exact) mass is 1380 g/mol. The molecule has 0 aromatic heterocycles. The van der Waals surface area contributed by atoms with Gasteiger partial charge in [0.2, 0.25) is 6.29 Å². The van der Waals surface area contributed by atoms with E-state index >= 15 is 4.79 Å². The van der Waals surface area contributed by atoms with Crippen molar-refractivity contribution in [1.82, 2.24) is 0 Å². The fraction of sp³-hybridized carbons (Fsp3) is 0.923. The van der Waals surface area contributed by atoms with E-state index < -0.39 is 262 Å². The topological polar surface area (TPSA) is 486 Å². The predicted molar refractivity (Wildman–Crippen MR) is 318 cm³/mol. The normalized spacial score (nSPS) is 54.4. The Morgan fingerprint density at radius 1 is 0.552 bits per heavy atom. The lowest BCUT2D eigenvalue weighted by Crippen LogP contribution is -2.70. The fourth-order valence-electron chi connectivity index (χ4n) is 19.0. The Morgan fingerprint density at radius 2 is 1.18 bits per heavy atom. The number of esters is 3. The first kappa shape index (κ1) is 74.3. The lowest BCUT2D eigenvalue weighted by molar-refractivity contribution is -0.384. The lowest BCUT2D eigenvalue weighted by Gasteiger charge is -2.72. The Hall–Kier alpha value is -2.85. The van der Waals surface area contributed by atoms with Crippen LogP contribution in [0, 0.1) is 50.2 Å². The Balaban J connectivity index is 0.959. The molecule has 9 heterocycles. The minimum absolute atomic E-state index is 0.130. The fourth-order valence-corrected chi connectivity index (χ4v) is 19.0. The van der Waals surface area contributed by atoms with Gasteiger partial charge in [-0.1, -0.05) is 53.2 Å². The number of rotatable bonds is 5. The molecule has 1 unspecified atom stereocenters. The average Bonchev–Trinajstić information content (AvgIpc) is 0.673. The van der Waals surface area contributed by atoms with E-state index in [0.29, 0.717) is 51.4 Å². The van der Waals surface area contributed by atoms with Crippen LogP contribution in [-0.2, 0) is 71.2 Å². The van der Waals surface area contributed by atoms with Crippen molar-refractivity contribution in [3.8, 4) is 0 Å². The van der Waals surface area contributed by atoms with Gasteiger partial charge >= 0.3 is 17.9 Å². The van der Waals surface area contributed by atoms with Gasteiger partial charge in [-0.3, -0.25) is 14.4 Å². The average molecular weight is 1380 g/mol. The van der Waals surface area contributed by atoms with Gasteiger partial charge in [0.25, 0.3) is 0 Å². The van der Waals surface area contributed by atoms with Crippen molar-refractivity contribution in [2.75, 3.05) is 33.0 Å². The molecule has 0 radical (unpaired) electrons. The van der Waals surface area contributed by atoms with E-state index in [1.807, 2.05) is 0 Å². The van der Waals surface area contributed by atoms with Crippen LogP contribution < -0.4 is 0 Å². The summed E-state index contributed by atoms with van der Waals surface area (Å²) in [6.07, 6.45) is -43.2. The molecule has 35 atom stereocenters. The van der Waals surface area contributed by atoms with E-state index in [-0.39, 0.29) is 23.7 Å². The van der Waals surface area contributed by atoms with Crippen LogP contribution in [0.4, 0.5) is 0 Å². The molecule has 11 fully saturated rings. The first-order valence-corrected chi connectivity index (χ1v) is 33.8. The van der Waals surface area contributed by atoms with Crippen molar-refractivity contribution in [3.05, 3.63) is 11.6 Å². The van der Waals surface area contributed by atoms with Crippen LogP contribution in [0.1, 0.15) is 126 Å². The third-order valence-corrected chi connectivity index (χ3v) is 24.7. The smallest absolute Gasteiger partial charge is 0.315 e. The Kier molecular flexibility index (Phi) is 21.2. The van der Waals surface area contributed by atoms with Crippen molar-refractivity contribution in [2.45, 2.75) is 291 Å². The van der Waals surface area contributed by atoms with Crippen molar-refractivity contribution in [1.29, 1.82) is 0 Å². The minimum Gasteiger partial charge on any atom is -0.463 e. The highest BCUT2D eigenvalue weighted by molar-refractivity contribution is 5.79. The number of hydrogen-bond donors (Lipinski definition) is 16. The van der Waals surface area contributed by atoms with E-state index in [0.717, 1.165) is 12.5 Å². The summed E-state index contributed by atoms with van der Waals surface area (Å²) in [5.74, 6) is -4.10. The predicted octanol–water partition coefficient (Wildman–Crippen LogP) is -3.95. The molecule has 1 spiro atoms. The summed E-state index contributed by atoms with van der Waals surface area (Å²) in [5, 5.41) is 181. The SMILES string of the molecule is C[C@@H]1O[C@H]2O[C@@H]3[C@@H](OC[C@H](O)[C@@H]3O)OC(=O)[C@]34CCC(C)(C)C[C@H]3C3=CC[C@@H]5[C@@]6(C)C[C@H](O)[C@H](O[C@@H]7O[C@H](CO)[C@@H](O)[C@H](O)[C@@H]7O[C@@H]7O[C@H](COC(=O)CC(C)(O)CC(=O)O[C@@H]1[C@@H](O[C@@H]1O[C@H](CO)[C@@H](O)[C@H](O)[C@H]1O)[C@H]2O)[C@H](O)[C@H](O)[C@H]7O)[C@@](C)(CO)[C@@H]6CC[C@@]5(C)[C@]3(C)CC4. The molecule has 14 rings (SSSR count). The molecule has 31 nitrogen and oxygen atoms in total. The van der Waals surface area contributed by atoms with Gasteiger partial charge in [-0.25, -0.2) is 0 Å². The minimum atomic E-state index is -2.34. The Morgan fingerprint density at radius 3 is 1.85 bits per heavy atom. The van der Waals surface area contributed by atoms with Crippen molar-refractivity contribution in [2.24, 2.45) is 50.2 Å². The highest BCUT2D eigenvalue weighted by Crippen LogP contribution is 2.76. The number of ether oxygens (including phenoxy) is 12. The van der Waals surface area contributed by atoms with Gasteiger partial charge in [0.15, 0.2) is 37.4 Å². The zero-order valence-corrected chi connectivity index (χ0v) is 55.4. The molecule has 12 bridgehead atoms. The zero-order chi connectivity index (χ0) is 70.1. The second kappa shape index (κ2) is 27.4. The van der Waals surface area contributed by atoms with Crippen LogP contribution in [-0.4, -0.2) is 298 Å². The molecule has 0 amide bonds. The highest BCUT2D eigenvalue weighted by Gasteiger charge is 2.72. The summed E-state index contributed by atoms with van der Waals surface area (Å²) >= 11 is 0. The largest absolute Gasteiger partial charge is 0.463 e. The molecular formula is C65H102O31. The Labute approximate surface area is 555 Å². The van der Waals surface area contributed by atoms with Crippen LogP contribution in [0.15, 0.2) is 11.6 Å². The number of aliphatic hydroxyl groups excluding tert-OH is 15. The summed E-state index contributed by atoms with van der Waals surface area (Å²) in [5.41, 5.74) is -5.78. The molecule has 0 aromatic carbocycles. The maximum Gasteiger partial charge on any atom is 0.315 e. The molecule has 7 saturated heterocycles. The quantitative estimate of drug-likeness (QED) is 0.0541. The van der Waals surface area contributed by atoms with Gasteiger partial charge < -0.3 is 139 Å². The maximum absolute atomic E-state index is 15.7. The molecule has 96 heavy (non-hydrogen) atoms. The molecule has 0 aromatic rings. The first-order chi connectivity index (χ1) is 44.9. The number of carbonyl (C=O) groups excluding carboxylic acids is 3. The molecule has 548 valence electrons. The van der Waals surface area contributed by atoms with Crippen LogP contribution in [0.25, 0.3) is 0 Å². The van der Waals surface area contributed by atoms with Crippen LogP contribution in [0.5, 0.6) is 0 Å². The van der Waals surface area contributed by atoms with Crippen LogP contribution >= 0.6 is 0 Å². The first-order valence-electron chi connectivity index (χ1n) is 33.8. The molecular weight excluding hydrogens is 1280 g/mol. The number of carbonyl (C=O) groups is 3. The summed E-state index contributed by atoms with van der Waals surface area (Å²) in [7, 11) is 0. The highest BCUT2D eigenvalue weighted by atomic mass is 16.8. The van der Waals surface area contributed by atoms with Gasteiger partial charge in [0, 0.05) is 5.41 Å². The molecule has 16 N–H and O–H groups in total. The maximum atomic E-state index is 15.7. The van der Waals surface area contributed by atoms with Crippen LogP contribution in [0.2, 0.25) is 0 Å². The van der Waals surface area contributed by atoms with Crippen molar-refractivity contribution in [3.63, 3.8) is 0 Å². The van der Waals surface area contributed by atoms with Crippen molar-refractivity contribution >= 4 is 17.9 Å². The summed E-state index contributed by atoms with van der Waals surface area (Å²) in [6.45, 7) is 11.3. The Bertz CT molecular complexity index is 2810. The molecule has 31 heteroatoms. The van der Waals surface area contributed by atoms with Gasteiger partial charge in [0.1, 0.15) is 104 Å². The molecule has 5 aliphatic carbocycles. The van der Waals surface area contributed by atoms with E-state index in [9.17, 15) is 91.3 Å². The van der Waals surface area contributed by atoms with E-state index in [4.69, 9.17) is 56.8 Å². The number of aliphatic hydroxyl groups is 16. The third kappa shape index (κ3) is 12.8. The zero-order valence-electron chi connectivity index (χ0n) is 55.4. The van der Waals surface area contributed by atoms with Gasteiger partial charge in [-0.2, -0.15) is 0 Å². The summed E-state index contributed by atoms with van der Waals surface area (Å²) in [6, 6.07) is 0. The van der Waals surface area contributed by atoms with Gasteiger partial charge in [-0.15, -0.1) is 0 Å². The van der Waals surface area contributed by atoms with Crippen LogP contribution in [0.3, 0.4) is 0 Å². The third-order valence-electron chi connectivity index (χ3n) is 24.7. The van der Waals surface area contributed by atoms with Gasteiger partial charge in [-0.05, 0) is 111 Å². The molecule has 4 saturated carbocycles. The van der Waals surface area contributed by atoms with E-state index in [1.54, 1.807) is 6.92 Å². The second-order valence-corrected chi connectivity index (χ2v) is 31.4. The number of hydrogen-bond acceptors (Lipinski definition) is 31. The summed E-state index contributed by atoms with van der Waals surface area (Å²) < 4.78 is 72.5. The second-order valence-electron chi connectivity index (χ2n) is 31.4. The van der Waals surface area contributed by atoms with E-state index in [2.05, 4.69) is 40.7 Å². The van der Waals surface area contributed by atoms with Crippen molar-refractivity contribution < 1.29 is 153 Å². The van der Waals surface area contributed by atoms with E-state index in [1.165, 1.54) is 6.92 Å². The standard InChI is InChI=1S/C65H102O31/c1-26-48-49(92-53-45(80)42(77)39(74)31(21-66)88-53)47(82)55(87-26)93-50-38(73)30(70)23-86-56(50)96-58(83)65-15-13-59(2,3)17-28(65)27-9-10-35-61(5)18-29(69)52(62(6,25-68)34(61)11-12-64(35,8)63(27,7)14-16-65)95-57-51(44(79)40(75)32(22-67)89-57)94-54-46(81)43(78)41(76)33(90-54)24-85-36(71)19-60(4,84)20-37(72)91-48/h9,26,28-35,38-57,66-70,73-82,84H,10-25H2,1-8H3/t26-,28-,29-,30-,31+,32+,33+,34+,35+,38-,39+,40+,41-,42-,43-,44-,45+,46+,47+,48-,49-,50-,51-,52-,53-,54-,55-,56-,57-,60?,61-,62-,63+,64+,65-/m0/s1. The summed E-state index contributed by atoms with van der Waals surface area (Å²) in [4.78, 5) is 43.2. The molecule has 14 aliphatic rings.